The van der Waals surface area contributed by atoms with Crippen molar-refractivity contribution in [3.05, 3.63) is 35.4 Å². The first-order chi connectivity index (χ1) is 13.7. The van der Waals surface area contributed by atoms with Crippen LogP contribution in [0.25, 0.3) is 0 Å². The number of likely N-dealkylation sites (tertiary alicyclic amines) is 1. The SMILES string of the molecule is CCNC(=NCc1ccccc1CN1CCCCC1C)NCCCCOCC.I. The number of rotatable bonds is 11. The maximum absolute atomic E-state index is 5.40. The van der Waals surface area contributed by atoms with Crippen LogP contribution in [-0.4, -0.2) is 49.7 Å². The Morgan fingerprint density at radius 1 is 1.14 bits per heavy atom. The number of hydrogen-bond donors (Lipinski definition) is 2. The molecule has 1 atom stereocenters. The van der Waals surface area contributed by atoms with E-state index in [-0.39, 0.29) is 24.0 Å². The third-order valence-electron chi connectivity index (χ3n) is 5.40. The van der Waals surface area contributed by atoms with Gasteiger partial charge in [0.1, 0.15) is 0 Å². The molecule has 1 saturated heterocycles. The fourth-order valence-corrected chi connectivity index (χ4v) is 3.66. The van der Waals surface area contributed by atoms with Crippen molar-refractivity contribution in [3.63, 3.8) is 0 Å². The zero-order valence-electron chi connectivity index (χ0n) is 18.6. The Balaban J connectivity index is 0.00000420. The summed E-state index contributed by atoms with van der Waals surface area (Å²) >= 11 is 0. The molecule has 0 aromatic heterocycles. The van der Waals surface area contributed by atoms with Gasteiger partial charge in [0, 0.05) is 38.9 Å². The highest BCUT2D eigenvalue weighted by Gasteiger charge is 2.19. The van der Waals surface area contributed by atoms with Crippen molar-refractivity contribution in [2.75, 3.05) is 32.8 Å². The molecule has 6 heteroatoms. The van der Waals surface area contributed by atoms with Gasteiger partial charge in [-0.3, -0.25) is 4.90 Å². The summed E-state index contributed by atoms with van der Waals surface area (Å²) in [5, 5.41) is 6.81. The van der Waals surface area contributed by atoms with Crippen LogP contribution in [0.15, 0.2) is 29.3 Å². The predicted octanol–water partition coefficient (Wildman–Crippen LogP) is 4.55. The van der Waals surface area contributed by atoms with E-state index < -0.39 is 0 Å². The van der Waals surface area contributed by atoms with Crippen molar-refractivity contribution in [2.24, 2.45) is 4.99 Å². The Morgan fingerprint density at radius 3 is 2.66 bits per heavy atom. The monoisotopic (exact) mass is 516 g/mol. The summed E-state index contributed by atoms with van der Waals surface area (Å²) in [7, 11) is 0. The quantitative estimate of drug-likeness (QED) is 0.196. The van der Waals surface area contributed by atoms with Gasteiger partial charge in [0.2, 0.25) is 0 Å². The van der Waals surface area contributed by atoms with Crippen molar-refractivity contribution in [2.45, 2.75) is 72.0 Å². The van der Waals surface area contributed by atoms with Gasteiger partial charge < -0.3 is 15.4 Å². The molecule has 1 aliphatic rings. The molecule has 2 N–H and O–H groups in total. The Morgan fingerprint density at radius 2 is 1.93 bits per heavy atom. The summed E-state index contributed by atoms with van der Waals surface area (Å²) in [6.07, 6.45) is 6.18. The van der Waals surface area contributed by atoms with Crippen molar-refractivity contribution >= 4 is 29.9 Å². The highest BCUT2D eigenvalue weighted by molar-refractivity contribution is 14.0. The van der Waals surface area contributed by atoms with Gasteiger partial charge in [0.15, 0.2) is 5.96 Å². The highest BCUT2D eigenvalue weighted by atomic mass is 127. The molecule has 0 radical (unpaired) electrons. The van der Waals surface area contributed by atoms with Gasteiger partial charge in [0.25, 0.3) is 0 Å². The lowest BCUT2D eigenvalue weighted by atomic mass is 10.0. The van der Waals surface area contributed by atoms with Gasteiger partial charge >= 0.3 is 0 Å². The van der Waals surface area contributed by atoms with E-state index in [1.165, 1.54) is 36.9 Å². The second-order valence-electron chi connectivity index (χ2n) is 7.61. The number of nitrogens with zero attached hydrogens (tertiary/aromatic N) is 2. The topological polar surface area (TPSA) is 48.9 Å². The zero-order chi connectivity index (χ0) is 20.0. The number of halogens is 1. The van der Waals surface area contributed by atoms with Crippen LogP contribution in [-0.2, 0) is 17.8 Å². The molecule has 1 heterocycles. The van der Waals surface area contributed by atoms with Gasteiger partial charge in [-0.2, -0.15) is 0 Å². The summed E-state index contributed by atoms with van der Waals surface area (Å²) in [6, 6.07) is 9.45. The maximum Gasteiger partial charge on any atom is 0.191 e. The molecule has 1 fully saturated rings. The van der Waals surface area contributed by atoms with E-state index in [9.17, 15) is 0 Å². The first-order valence-electron chi connectivity index (χ1n) is 11.1. The molecular formula is C23H41IN4O. The van der Waals surface area contributed by atoms with Crippen molar-refractivity contribution in [3.8, 4) is 0 Å². The molecule has 1 aromatic rings. The lowest BCUT2D eigenvalue weighted by molar-refractivity contribution is 0.143. The summed E-state index contributed by atoms with van der Waals surface area (Å²) in [5.41, 5.74) is 2.74. The van der Waals surface area contributed by atoms with Gasteiger partial charge in [-0.1, -0.05) is 30.7 Å². The maximum atomic E-state index is 5.40. The van der Waals surface area contributed by atoms with E-state index >= 15 is 0 Å². The zero-order valence-corrected chi connectivity index (χ0v) is 20.9. The number of unbranched alkanes of at least 4 members (excludes halogenated alkanes) is 1. The minimum absolute atomic E-state index is 0. The summed E-state index contributed by atoms with van der Waals surface area (Å²) in [4.78, 5) is 7.45. The van der Waals surface area contributed by atoms with Gasteiger partial charge in [0.05, 0.1) is 6.54 Å². The van der Waals surface area contributed by atoms with E-state index in [4.69, 9.17) is 9.73 Å². The number of guanidine groups is 1. The minimum atomic E-state index is 0. The lowest BCUT2D eigenvalue weighted by Gasteiger charge is -2.33. The van der Waals surface area contributed by atoms with Crippen LogP contribution in [0.1, 0.15) is 64.0 Å². The smallest absolute Gasteiger partial charge is 0.191 e. The Hall–Kier alpha value is -0.860. The van der Waals surface area contributed by atoms with E-state index in [1.54, 1.807) is 0 Å². The van der Waals surface area contributed by atoms with E-state index in [1.807, 2.05) is 6.92 Å². The van der Waals surface area contributed by atoms with Crippen LogP contribution in [0.2, 0.25) is 0 Å². The van der Waals surface area contributed by atoms with Gasteiger partial charge in [-0.15, -0.1) is 24.0 Å². The van der Waals surface area contributed by atoms with Gasteiger partial charge in [-0.25, -0.2) is 4.99 Å². The molecule has 0 saturated carbocycles. The first-order valence-corrected chi connectivity index (χ1v) is 11.1. The Labute approximate surface area is 195 Å². The first kappa shape index (κ1) is 26.2. The third-order valence-corrected chi connectivity index (χ3v) is 5.40. The number of benzene rings is 1. The normalized spacial score (nSPS) is 17.6. The summed E-state index contributed by atoms with van der Waals surface area (Å²) < 4.78 is 5.40. The molecule has 0 bridgehead atoms. The van der Waals surface area contributed by atoms with Crippen LogP contribution in [0, 0.1) is 0 Å². The van der Waals surface area contributed by atoms with Crippen molar-refractivity contribution in [1.82, 2.24) is 15.5 Å². The van der Waals surface area contributed by atoms with Crippen LogP contribution in [0.4, 0.5) is 0 Å². The van der Waals surface area contributed by atoms with Gasteiger partial charge in [-0.05, 0) is 64.1 Å². The number of ether oxygens (including phenoxy) is 1. The number of hydrogen-bond acceptors (Lipinski definition) is 3. The highest BCUT2D eigenvalue weighted by Crippen LogP contribution is 2.21. The molecule has 166 valence electrons. The molecule has 29 heavy (non-hydrogen) atoms. The Bertz CT molecular complexity index is 582. The minimum Gasteiger partial charge on any atom is -0.382 e. The molecule has 0 spiro atoms. The lowest BCUT2D eigenvalue weighted by Crippen LogP contribution is -2.38. The number of nitrogens with one attached hydrogen (secondary N) is 2. The van der Waals surface area contributed by atoms with Crippen molar-refractivity contribution in [1.29, 1.82) is 0 Å². The van der Waals surface area contributed by atoms with Crippen LogP contribution in [0.5, 0.6) is 0 Å². The molecule has 1 aromatic carbocycles. The van der Waals surface area contributed by atoms with E-state index in [2.05, 4.69) is 53.6 Å². The van der Waals surface area contributed by atoms with Crippen molar-refractivity contribution < 1.29 is 4.74 Å². The number of piperidine rings is 1. The molecule has 1 aliphatic heterocycles. The van der Waals surface area contributed by atoms with Crippen LogP contribution >= 0.6 is 24.0 Å². The molecular weight excluding hydrogens is 475 g/mol. The van der Waals surface area contributed by atoms with E-state index in [0.717, 1.165) is 51.6 Å². The molecule has 0 amide bonds. The van der Waals surface area contributed by atoms with Crippen LogP contribution < -0.4 is 10.6 Å². The standard InChI is InChI=1S/C23H40N4O.HI/c1-4-24-23(25-15-9-11-17-28-5-2)26-18-21-13-6-7-14-22(21)19-27-16-10-8-12-20(27)3;/h6-7,13-14,20H,4-5,8-12,15-19H2,1-3H3,(H2,24,25,26);1H. The second kappa shape index (κ2) is 15.9. The summed E-state index contributed by atoms with van der Waals surface area (Å²) in [6.45, 7) is 12.9. The molecule has 2 rings (SSSR count). The largest absolute Gasteiger partial charge is 0.382 e. The molecule has 1 unspecified atom stereocenters. The van der Waals surface area contributed by atoms with Crippen LogP contribution in [0.3, 0.4) is 0 Å². The second-order valence-corrected chi connectivity index (χ2v) is 7.61. The average Bonchev–Trinajstić information content (AvgIpc) is 2.71. The van der Waals surface area contributed by atoms with E-state index in [0.29, 0.717) is 12.6 Å². The average molecular weight is 517 g/mol. The fourth-order valence-electron chi connectivity index (χ4n) is 3.66. The molecule has 5 nitrogen and oxygen atoms in total. The molecule has 0 aliphatic carbocycles. The third kappa shape index (κ3) is 10.1. The Kier molecular flexibility index (Phi) is 14.4. The number of aliphatic imine (C=N–C) groups is 1. The summed E-state index contributed by atoms with van der Waals surface area (Å²) in [5.74, 6) is 0.903. The predicted molar refractivity (Wildman–Crippen MR) is 134 cm³/mol. The fraction of sp³-hybridized carbons (Fsp3) is 0.696.